The van der Waals surface area contributed by atoms with Gasteiger partial charge in [0.25, 0.3) is 0 Å². The van der Waals surface area contributed by atoms with Crippen LogP contribution in [0.15, 0.2) is 18.2 Å². The zero-order chi connectivity index (χ0) is 13.8. The number of imidazole rings is 1. The van der Waals surface area contributed by atoms with Crippen molar-refractivity contribution >= 4 is 11.0 Å². The van der Waals surface area contributed by atoms with E-state index in [4.69, 9.17) is 4.98 Å². The Morgan fingerprint density at radius 1 is 1.26 bits per heavy atom. The molecule has 0 aliphatic heterocycles. The number of aryl methyl sites for hydroxylation is 2. The molecule has 0 radical (unpaired) electrons. The van der Waals surface area contributed by atoms with Crippen molar-refractivity contribution in [3.05, 3.63) is 29.6 Å². The molecule has 0 bridgehead atoms. The van der Waals surface area contributed by atoms with Crippen LogP contribution in [-0.4, -0.2) is 23.1 Å². The van der Waals surface area contributed by atoms with Crippen LogP contribution in [0.2, 0.25) is 0 Å². The molecule has 3 heteroatoms. The second-order valence-corrected chi connectivity index (χ2v) is 5.51. The van der Waals surface area contributed by atoms with Gasteiger partial charge in [-0.05, 0) is 71.3 Å². The lowest BCUT2D eigenvalue weighted by molar-refractivity contribution is 0.600. The normalized spacial score (nSPS) is 11.6. The molecule has 1 N–H and O–H groups in total. The van der Waals surface area contributed by atoms with Crippen molar-refractivity contribution in [3.63, 3.8) is 0 Å². The molecule has 19 heavy (non-hydrogen) atoms. The Morgan fingerprint density at radius 3 is 2.74 bits per heavy atom. The molecule has 1 aromatic carbocycles. The average Bonchev–Trinajstić information content (AvgIpc) is 2.69. The Bertz CT molecular complexity index is 540. The second kappa shape index (κ2) is 6.20. The maximum absolute atomic E-state index is 4.69. The van der Waals surface area contributed by atoms with Crippen LogP contribution in [0.25, 0.3) is 11.0 Å². The van der Waals surface area contributed by atoms with E-state index in [9.17, 15) is 0 Å². The van der Waals surface area contributed by atoms with Crippen molar-refractivity contribution in [1.29, 1.82) is 0 Å². The van der Waals surface area contributed by atoms with Crippen LogP contribution in [0.1, 0.15) is 44.1 Å². The molecular weight excluding hydrogens is 234 g/mol. The molecular formula is C16H25N3. The van der Waals surface area contributed by atoms with E-state index >= 15 is 0 Å². The molecule has 0 spiro atoms. The molecule has 1 aromatic heterocycles. The molecule has 0 atom stereocenters. The van der Waals surface area contributed by atoms with E-state index in [1.165, 1.54) is 23.9 Å². The predicted octanol–water partition coefficient (Wildman–Crippen LogP) is 3.47. The van der Waals surface area contributed by atoms with E-state index in [0.717, 1.165) is 24.3 Å². The van der Waals surface area contributed by atoms with Crippen molar-refractivity contribution in [3.8, 4) is 0 Å². The minimum absolute atomic E-state index is 0.464. The van der Waals surface area contributed by atoms with Gasteiger partial charge in [-0.15, -0.1) is 0 Å². The Hall–Kier alpha value is -1.35. The minimum atomic E-state index is 0.464. The van der Waals surface area contributed by atoms with Crippen LogP contribution in [0.4, 0.5) is 0 Å². The largest absolute Gasteiger partial charge is 0.326 e. The Balaban J connectivity index is 2.17. The van der Waals surface area contributed by atoms with Gasteiger partial charge in [-0.2, -0.15) is 0 Å². The first-order valence-corrected chi connectivity index (χ1v) is 7.25. The summed E-state index contributed by atoms with van der Waals surface area (Å²) in [4.78, 5) is 4.69. The van der Waals surface area contributed by atoms with E-state index in [0.29, 0.717) is 6.04 Å². The Labute approximate surface area is 116 Å². The number of fused-ring (bicyclic) bond motifs is 1. The van der Waals surface area contributed by atoms with Gasteiger partial charge in [0.1, 0.15) is 5.82 Å². The topological polar surface area (TPSA) is 29.9 Å². The van der Waals surface area contributed by atoms with E-state index < -0.39 is 0 Å². The quantitative estimate of drug-likeness (QED) is 0.805. The third-order valence-electron chi connectivity index (χ3n) is 3.59. The van der Waals surface area contributed by atoms with Gasteiger partial charge in [-0.1, -0.05) is 6.07 Å². The second-order valence-electron chi connectivity index (χ2n) is 5.51. The summed E-state index contributed by atoms with van der Waals surface area (Å²) >= 11 is 0. The fraction of sp³-hybridized carbons (Fsp3) is 0.562. The maximum Gasteiger partial charge on any atom is 0.106 e. The molecule has 0 unspecified atom stereocenters. The third-order valence-corrected chi connectivity index (χ3v) is 3.59. The number of benzene rings is 1. The van der Waals surface area contributed by atoms with Gasteiger partial charge in [-0.3, -0.25) is 0 Å². The molecule has 0 saturated heterocycles. The minimum Gasteiger partial charge on any atom is -0.326 e. The smallest absolute Gasteiger partial charge is 0.106 e. The summed E-state index contributed by atoms with van der Waals surface area (Å²) in [5.74, 6) is 1.11. The maximum atomic E-state index is 4.69. The monoisotopic (exact) mass is 259 g/mol. The summed E-state index contributed by atoms with van der Waals surface area (Å²) in [5, 5.41) is 3.19. The highest BCUT2D eigenvalue weighted by atomic mass is 15.1. The lowest BCUT2D eigenvalue weighted by Crippen LogP contribution is -2.07. The summed E-state index contributed by atoms with van der Waals surface area (Å²) in [6.45, 7) is 7.61. The first-order valence-electron chi connectivity index (χ1n) is 7.25. The van der Waals surface area contributed by atoms with Crippen molar-refractivity contribution in [1.82, 2.24) is 14.9 Å². The van der Waals surface area contributed by atoms with E-state index in [-0.39, 0.29) is 0 Å². The predicted molar refractivity (Wildman–Crippen MR) is 81.7 cm³/mol. The number of aromatic nitrogens is 2. The number of unbranched alkanes of at least 4 members (excludes halogenated alkanes) is 1. The summed E-state index contributed by atoms with van der Waals surface area (Å²) < 4.78 is 2.31. The highest BCUT2D eigenvalue weighted by Crippen LogP contribution is 2.22. The van der Waals surface area contributed by atoms with Gasteiger partial charge < -0.3 is 9.88 Å². The Morgan fingerprint density at radius 2 is 2.05 bits per heavy atom. The highest BCUT2D eigenvalue weighted by molar-refractivity contribution is 5.77. The van der Waals surface area contributed by atoms with E-state index in [2.05, 4.69) is 48.9 Å². The summed E-state index contributed by atoms with van der Waals surface area (Å²) in [5.41, 5.74) is 3.79. The molecule has 104 valence electrons. The number of nitrogens with zero attached hydrogens (tertiary/aromatic N) is 2. The van der Waals surface area contributed by atoms with E-state index in [1.54, 1.807) is 0 Å². The first-order chi connectivity index (χ1) is 9.13. The zero-order valence-corrected chi connectivity index (χ0v) is 12.5. The van der Waals surface area contributed by atoms with Gasteiger partial charge >= 0.3 is 0 Å². The molecule has 2 aromatic rings. The molecule has 0 saturated carbocycles. The van der Waals surface area contributed by atoms with Gasteiger partial charge in [-0.25, -0.2) is 4.98 Å². The molecule has 2 rings (SSSR count). The van der Waals surface area contributed by atoms with Crippen molar-refractivity contribution in [2.45, 2.75) is 46.1 Å². The fourth-order valence-corrected chi connectivity index (χ4v) is 2.70. The fourth-order valence-electron chi connectivity index (χ4n) is 2.70. The molecule has 0 aliphatic rings. The van der Waals surface area contributed by atoms with Crippen LogP contribution >= 0.6 is 0 Å². The molecule has 0 amide bonds. The lowest BCUT2D eigenvalue weighted by atomic mass is 10.1. The molecule has 0 fully saturated rings. The molecule has 0 aliphatic carbocycles. The summed E-state index contributed by atoms with van der Waals surface area (Å²) in [6.07, 6.45) is 3.61. The SMILES string of the molecule is CNCCCCc1ccc2c(c1)nc(C)n2C(C)C. The average molecular weight is 259 g/mol. The van der Waals surface area contributed by atoms with Crippen LogP contribution in [0.5, 0.6) is 0 Å². The van der Waals surface area contributed by atoms with Crippen LogP contribution in [-0.2, 0) is 6.42 Å². The van der Waals surface area contributed by atoms with Crippen molar-refractivity contribution in [2.24, 2.45) is 0 Å². The van der Waals surface area contributed by atoms with Crippen LogP contribution in [0, 0.1) is 6.92 Å². The third kappa shape index (κ3) is 3.16. The molecule has 1 heterocycles. The van der Waals surface area contributed by atoms with Gasteiger partial charge in [0.05, 0.1) is 11.0 Å². The standard InChI is InChI=1S/C16H25N3/c1-12(2)19-13(3)18-15-11-14(8-9-16(15)19)7-5-6-10-17-4/h8-9,11-12,17H,5-7,10H2,1-4H3. The van der Waals surface area contributed by atoms with Gasteiger partial charge in [0.2, 0.25) is 0 Å². The van der Waals surface area contributed by atoms with Crippen LogP contribution in [0.3, 0.4) is 0 Å². The van der Waals surface area contributed by atoms with Crippen LogP contribution < -0.4 is 5.32 Å². The summed E-state index contributed by atoms with van der Waals surface area (Å²) in [7, 11) is 2.01. The number of rotatable bonds is 6. The number of hydrogen-bond acceptors (Lipinski definition) is 2. The summed E-state index contributed by atoms with van der Waals surface area (Å²) in [6, 6.07) is 7.19. The zero-order valence-electron chi connectivity index (χ0n) is 12.5. The van der Waals surface area contributed by atoms with Crippen molar-refractivity contribution in [2.75, 3.05) is 13.6 Å². The van der Waals surface area contributed by atoms with Gasteiger partial charge in [0, 0.05) is 6.04 Å². The molecule has 3 nitrogen and oxygen atoms in total. The number of hydrogen-bond donors (Lipinski definition) is 1. The lowest BCUT2D eigenvalue weighted by Gasteiger charge is -2.10. The first kappa shape index (κ1) is 14.1. The number of nitrogens with one attached hydrogen (secondary N) is 1. The van der Waals surface area contributed by atoms with Gasteiger partial charge in [0.15, 0.2) is 0 Å². The van der Waals surface area contributed by atoms with E-state index in [1.807, 2.05) is 7.05 Å². The highest BCUT2D eigenvalue weighted by Gasteiger charge is 2.10. The Kier molecular flexibility index (Phi) is 4.59. The van der Waals surface area contributed by atoms with Crippen molar-refractivity contribution < 1.29 is 0 Å².